The molecule has 0 atom stereocenters. The van der Waals surface area contributed by atoms with Crippen LogP contribution in [0.1, 0.15) is 24.0 Å². The molecule has 0 saturated heterocycles. The monoisotopic (exact) mass is 239 g/mol. The second kappa shape index (κ2) is 3.86. The van der Waals surface area contributed by atoms with Gasteiger partial charge >= 0.3 is 0 Å². The highest BCUT2D eigenvalue weighted by molar-refractivity contribution is 7.92. The molecule has 0 amide bonds. The first kappa shape index (κ1) is 11.6. The summed E-state index contributed by atoms with van der Waals surface area (Å²) in [4.78, 5) is 0.476. The summed E-state index contributed by atoms with van der Waals surface area (Å²) < 4.78 is 24.6. The van der Waals surface area contributed by atoms with Crippen LogP contribution in [0.4, 0.5) is 0 Å². The fourth-order valence-electron chi connectivity index (χ4n) is 2.05. The molecule has 0 bridgehead atoms. The van der Waals surface area contributed by atoms with Gasteiger partial charge in [-0.1, -0.05) is 12.1 Å². The molecule has 1 fully saturated rings. The maximum atomic E-state index is 12.3. The van der Waals surface area contributed by atoms with E-state index in [0.29, 0.717) is 17.7 Å². The summed E-state index contributed by atoms with van der Waals surface area (Å²) in [6.45, 7) is 3.75. The minimum absolute atomic E-state index is 0.0601. The van der Waals surface area contributed by atoms with Gasteiger partial charge in [0.15, 0.2) is 9.84 Å². The molecule has 0 radical (unpaired) electrons. The lowest BCUT2D eigenvalue weighted by Crippen LogP contribution is -2.44. The van der Waals surface area contributed by atoms with E-state index in [9.17, 15) is 8.42 Å². The van der Waals surface area contributed by atoms with Crippen molar-refractivity contribution < 1.29 is 8.42 Å². The van der Waals surface area contributed by atoms with Gasteiger partial charge in [-0.3, -0.25) is 0 Å². The van der Waals surface area contributed by atoms with E-state index in [2.05, 4.69) is 0 Å². The van der Waals surface area contributed by atoms with Crippen LogP contribution in [-0.4, -0.2) is 19.7 Å². The van der Waals surface area contributed by atoms with Gasteiger partial charge in [0.05, 0.1) is 10.1 Å². The lowest BCUT2D eigenvalue weighted by atomic mass is 9.93. The van der Waals surface area contributed by atoms with E-state index in [1.165, 1.54) is 0 Å². The first-order valence-electron chi connectivity index (χ1n) is 5.48. The van der Waals surface area contributed by atoms with E-state index in [1.807, 2.05) is 26.0 Å². The normalized spacial score (nSPS) is 25.2. The third kappa shape index (κ3) is 1.87. The van der Waals surface area contributed by atoms with Crippen LogP contribution < -0.4 is 5.73 Å². The Balaban J connectivity index is 2.40. The van der Waals surface area contributed by atoms with Crippen LogP contribution in [0, 0.1) is 13.8 Å². The molecular weight excluding hydrogens is 222 g/mol. The fourth-order valence-corrected chi connectivity index (χ4v) is 4.28. The van der Waals surface area contributed by atoms with Gasteiger partial charge in [-0.15, -0.1) is 0 Å². The highest BCUT2D eigenvalue weighted by Crippen LogP contribution is 2.32. The van der Waals surface area contributed by atoms with Crippen LogP contribution in [-0.2, 0) is 9.84 Å². The van der Waals surface area contributed by atoms with Gasteiger partial charge in [-0.25, -0.2) is 8.42 Å². The van der Waals surface area contributed by atoms with E-state index in [4.69, 9.17) is 5.73 Å². The lowest BCUT2D eigenvalue weighted by molar-refractivity contribution is 0.408. The van der Waals surface area contributed by atoms with Crippen LogP contribution in [0.25, 0.3) is 0 Å². The molecule has 0 aliphatic heterocycles. The molecule has 0 heterocycles. The van der Waals surface area contributed by atoms with Gasteiger partial charge in [0.25, 0.3) is 0 Å². The van der Waals surface area contributed by atoms with E-state index in [-0.39, 0.29) is 11.3 Å². The quantitative estimate of drug-likeness (QED) is 0.852. The van der Waals surface area contributed by atoms with Crippen molar-refractivity contribution in [2.75, 3.05) is 0 Å². The predicted molar refractivity (Wildman–Crippen MR) is 64.1 cm³/mol. The molecule has 1 saturated carbocycles. The molecule has 1 aromatic carbocycles. The van der Waals surface area contributed by atoms with Crippen LogP contribution in [0.15, 0.2) is 23.1 Å². The molecule has 88 valence electrons. The summed E-state index contributed by atoms with van der Waals surface area (Å²) in [5.74, 6) is 0. The molecule has 4 heteroatoms. The number of aryl methyl sites for hydroxylation is 2. The smallest absolute Gasteiger partial charge is 0.181 e. The number of hydrogen-bond donors (Lipinski definition) is 1. The molecule has 0 unspecified atom stereocenters. The summed E-state index contributed by atoms with van der Waals surface area (Å²) >= 11 is 0. The van der Waals surface area contributed by atoms with Crippen LogP contribution >= 0.6 is 0 Å². The second-order valence-electron chi connectivity index (χ2n) is 4.67. The molecular formula is C12H17NO2S. The average Bonchev–Trinajstić information content (AvgIpc) is 2.16. The third-order valence-electron chi connectivity index (χ3n) is 3.22. The van der Waals surface area contributed by atoms with E-state index in [1.54, 1.807) is 6.07 Å². The number of benzene rings is 1. The molecule has 0 spiro atoms. The average molecular weight is 239 g/mol. The van der Waals surface area contributed by atoms with E-state index in [0.717, 1.165) is 11.1 Å². The summed E-state index contributed by atoms with van der Waals surface area (Å²) in [6.07, 6.45) is 1.19. The minimum atomic E-state index is -3.17. The van der Waals surface area contributed by atoms with Crippen molar-refractivity contribution >= 4 is 9.84 Å². The summed E-state index contributed by atoms with van der Waals surface area (Å²) in [5, 5.41) is -0.275. The van der Waals surface area contributed by atoms with Crippen molar-refractivity contribution in [2.24, 2.45) is 5.73 Å². The Bertz CT molecular complexity index is 502. The first-order chi connectivity index (χ1) is 7.41. The predicted octanol–water partition coefficient (Wildman–Crippen LogP) is 1.57. The Morgan fingerprint density at radius 2 is 1.88 bits per heavy atom. The molecule has 0 aromatic heterocycles. The molecule has 2 rings (SSSR count). The topological polar surface area (TPSA) is 60.2 Å². The molecule has 3 nitrogen and oxygen atoms in total. The number of sulfone groups is 1. The van der Waals surface area contributed by atoms with Crippen LogP contribution in [0.5, 0.6) is 0 Å². The van der Waals surface area contributed by atoms with E-state index < -0.39 is 9.84 Å². The van der Waals surface area contributed by atoms with Crippen molar-refractivity contribution in [3.8, 4) is 0 Å². The zero-order valence-corrected chi connectivity index (χ0v) is 10.4. The van der Waals surface area contributed by atoms with Gasteiger partial charge < -0.3 is 5.73 Å². The summed E-state index contributed by atoms with van der Waals surface area (Å²) in [6, 6.07) is 5.61. The first-order valence-corrected chi connectivity index (χ1v) is 7.02. The van der Waals surface area contributed by atoms with Crippen molar-refractivity contribution in [3.63, 3.8) is 0 Å². The molecule has 16 heavy (non-hydrogen) atoms. The molecule has 1 aliphatic rings. The molecule has 1 aliphatic carbocycles. The van der Waals surface area contributed by atoms with Gasteiger partial charge in [0.1, 0.15) is 0 Å². The molecule has 1 aromatic rings. The number of hydrogen-bond acceptors (Lipinski definition) is 3. The van der Waals surface area contributed by atoms with Gasteiger partial charge in [-0.2, -0.15) is 0 Å². The van der Waals surface area contributed by atoms with Gasteiger partial charge in [-0.05, 0) is 43.9 Å². The standard InChI is InChI=1S/C12H17NO2S/c1-8-3-4-9(2)12(5-8)16(14,15)11-6-10(13)7-11/h3-5,10-11H,6-7,13H2,1-2H3. The van der Waals surface area contributed by atoms with Crippen molar-refractivity contribution in [1.29, 1.82) is 0 Å². The van der Waals surface area contributed by atoms with Crippen molar-refractivity contribution in [2.45, 2.75) is 42.9 Å². The minimum Gasteiger partial charge on any atom is -0.328 e. The van der Waals surface area contributed by atoms with Crippen molar-refractivity contribution in [1.82, 2.24) is 0 Å². The molecule has 2 N–H and O–H groups in total. The summed E-state index contributed by atoms with van der Waals surface area (Å²) in [5.41, 5.74) is 7.45. The van der Waals surface area contributed by atoms with Gasteiger partial charge in [0, 0.05) is 6.04 Å². The Morgan fingerprint density at radius 1 is 1.25 bits per heavy atom. The zero-order valence-electron chi connectivity index (χ0n) is 9.60. The Kier molecular flexibility index (Phi) is 2.80. The number of nitrogens with two attached hydrogens (primary N) is 1. The summed E-state index contributed by atoms with van der Waals surface area (Å²) in [7, 11) is -3.17. The van der Waals surface area contributed by atoms with Gasteiger partial charge in [0.2, 0.25) is 0 Å². The third-order valence-corrected chi connectivity index (χ3v) is 5.54. The highest BCUT2D eigenvalue weighted by Gasteiger charge is 2.38. The zero-order chi connectivity index (χ0) is 11.9. The van der Waals surface area contributed by atoms with Crippen molar-refractivity contribution in [3.05, 3.63) is 29.3 Å². The largest absolute Gasteiger partial charge is 0.328 e. The Labute approximate surface area is 96.6 Å². The van der Waals surface area contributed by atoms with Crippen LogP contribution in [0.3, 0.4) is 0 Å². The maximum absolute atomic E-state index is 12.3. The van der Waals surface area contributed by atoms with E-state index >= 15 is 0 Å². The SMILES string of the molecule is Cc1ccc(C)c(S(=O)(=O)C2CC(N)C2)c1. The van der Waals surface area contributed by atoms with Crippen LogP contribution in [0.2, 0.25) is 0 Å². The number of rotatable bonds is 2. The fraction of sp³-hybridized carbons (Fsp3) is 0.500. The lowest BCUT2D eigenvalue weighted by Gasteiger charge is -2.32. The highest BCUT2D eigenvalue weighted by atomic mass is 32.2. The maximum Gasteiger partial charge on any atom is 0.181 e. The second-order valence-corrected chi connectivity index (χ2v) is 6.86. The Hall–Kier alpha value is -0.870. The Morgan fingerprint density at radius 3 is 2.44 bits per heavy atom.